The predicted octanol–water partition coefficient (Wildman–Crippen LogP) is 2.28. The van der Waals surface area contributed by atoms with Crippen molar-refractivity contribution in [1.82, 2.24) is 14.8 Å². The van der Waals surface area contributed by atoms with Crippen molar-refractivity contribution in [2.24, 2.45) is 0 Å². The van der Waals surface area contributed by atoms with Crippen molar-refractivity contribution in [2.75, 3.05) is 26.2 Å². The Kier molecular flexibility index (Phi) is 6.45. The maximum atomic E-state index is 13.8. The third kappa shape index (κ3) is 4.72. The van der Waals surface area contributed by atoms with Crippen LogP contribution in [-0.2, 0) is 17.8 Å². The van der Waals surface area contributed by atoms with Gasteiger partial charge in [-0.05, 0) is 37.5 Å². The highest BCUT2D eigenvalue weighted by atomic mass is 19.1. The summed E-state index contributed by atoms with van der Waals surface area (Å²) >= 11 is 0. The zero-order chi connectivity index (χ0) is 21.0. The Labute approximate surface area is 169 Å². The number of amides is 1. The molecule has 1 aromatic carbocycles. The van der Waals surface area contributed by atoms with Gasteiger partial charge in [-0.3, -0.25) is 14.5 Å². The quantitative estimate of drug-likeness (QED) is 0.841. The number of carbonyl (C=O) groups excluding carboxylic acids is 1. The second-order valence-corrected chi connectivity index (χ2v) is 7.42. The molecule has 0 aliphatic carbocycles. The van der Waals surface area contributed by atoms with Crippen LogP contribution in [0.25, 0.3) is 0 Å². The highest BCUT2D eigenvalue weighted by Gasteiger charge is 2.22. The van der Waals surface area contributed by atoms with Crippen LogP contribution < -0.4 is 5.56 Å². The van der Waals surface area contributed by atoms with Crippen molar-refractivity contribution >= 4 is 5.91 Å². The molecule has 6 nitrogen and oxygen atoms in total. The third-order valence-electron chi connectivity index (χ3n) is 5.59. The minimum Gasteiger partial charge on any atom is -0.340 e. The zero-order valence-electron chi connectivity index (χ0n) is 16.8. The molecule has 3 rings (SSSR count). The second-order valence-electron chi connectivity index (χ2n) is 7.42. The number of piperazine rings is 1. The monoisotopic (exact) mass is 396 g/mol. The van der Waals surface area contributed by atoms with E-state index in [-0.39, 0.29) is 22.8 Å². The van der Waals surface area contributed by atoms with Gasteiger partial charge in [0.2, 0.25) is 5.91 Å². The topological polar surface area (TPSA) is 80.2 Å². The number of nitriles is 1. The largest absolute Gasteiger partial charge is 0.340 e. The molecule has 1 aliphatic rings. The Morgan fingerprint density at radius 1 is 1.21 bits per heavy atom. The standard InChI is InChI=1S/C22H25FN4O2/c1-15-18(16(2)25-22(29)19(15)13-24)7-8-21(28)27-11-9-26(10-12-27)14-17-5-3-4-6-20(17)23/h3-6H,7-12,14H2,1-2H3,(H,25,29). The molecule has 0 radical (unpaired) electrons. The first-order valence-electron chi connectivity index (χ1n) is 9.76. The number of benzene rings is 1. The van der Waals surface area contributed by atoms with E-state index in [1.807, 2.05) is 17.0 Å². The number of nitrogens with zero attached hydrogens (tertiary/aromatic N) is 3. The lowest BCUT2D eigenvalue weighted by molar-refractivity contribution is -0.133. The summed E-state index contributed by atoms with van der Waals surface area (Å²) in [7, 11) is 0. The second kappa shape index (κ2) is 9.01. The van der Waals surface area contributed by atoms with Crippen LogP contribution in [0.3, 0.4) is 0 Å². The molecule has 29 heavy (non-hydrogen) atoms. The molecule has 7 heteroatoms. The van der Waals surface area contributed by atoms with Crippen LogP contribution in [-0.4, -0.2) is 46.9 Å². The van der Waals surface area contributed by atoms with Gasteiger partial charge in [-0.2, -0.15) is 5.26 Å². The van der Waals surface area contributed by atoms with Crippen molar-refractivity contribution in [3.05, 3.63) is 68.4 Å². The van der Waals surface area contributed by atoms with Crippen LogP contribution in [0.2, 0.25) is 0 Å². The summed E-state index contributed by atoms with van der Waals surface area (Å²) in [6.07, 6.45) is 0.809. The zero-order valence-corrected chi connectivity index (χ0v) is 16.8. The number of pyridine rings is 1. The van der Waals surface area contributed by atoms with Gasteiger partial charge in [-0.25, -0.2) is 4.39 Å². The van der Waals surface area contributed by atoms with Crippen LogP contribution in [0.5, 0.6) is 0 Å². The molecular weight excluding hydrogens is 371 g/mol. The summed E-state index contributed by atoms with van der Waals surface area (Å²) in [5.41, 5.74) is 2.60. The first-order chi connectivity index (χ1) is 13.9. The molecule has 1 amide bonds. The smallest absolute Gasteiger partial charge is 0.266 e. The number of hydrogen-bond donors (Lipinski definition) is 1. The SMILES string of the molecule is Cc1[nH]c(=O)c(C#N)c(C)c1CCC(=O)N1CCN(Cc2ccccc2F)CC1. The van der Waals surface area contributed by atoms with Gasteiger partial charge in [0.05, 0.1) is 0 Å². The number of aromatic nitrogens is 1. The number of rotatable bonds is 5. The van der Waals surface area contributed by atoms with Gasteiger partial charge in [-0.15, -0.1) is 0 Å². The number of carbonyl (C=O) groups is 1. The molecule has 0 saturated carbocycles. The Morgan fingerprint density at radius 3 is 2.55 bits per heavy atom. The molecule has 2 heterocycles. The van der Waals surface area contributed by atoms with Crippen molar-refractivity contribution in [1.29, 1.82) is 5.26 Å². The van der Waals surface area contributed by atoms with E-state index < -0.39 is 0 Å². The molecule has 1 saturated heterocycles. The lowest BCUT2D eigenvalue weighted by Crippen LogP contribution is -2.48. The molecule has 1 aromatic heterocycles. The van der Waals surface area contributed by atoms with E-state index in [4.69, 9.17) is 0 Å². The summed E-state index contributed by atoms with van der Waals surface area (Å²) in [6.45, 7) is 6.71. The van der Waals surface area contributed by atoms with Crippen LogP contribution >= 0.6 is 0 Å². The highest BCUT2D eigenvalue weighted by molar-refractivity contribution is 5.76. The summed E-state index contributed by atoms with van der Waals surface area (Å²) < 4.78 is 13.8. The first-order valence-corrected chi connectivity index (χ1v) is 9.76. The lowest BCUT2D eigenvalue weighted by atomic mass is 9.99. The van der Waals surface area contributed by atoms with Crippen molar-refractivity contribution in [2.45, 2.75) is 33.2 Å². The van der Waals surface area contributed by atoms with Crippen molar-refractivity contribution in [3.8, 4) is 6.07 Å². The average molecular weight is 396 g/mol. The Balaban J connectivity index is 1.55. The normalized spacial score (nSPS) is 14.6. The molecule has 1 fully saturated rings. The van der Waals surface area contributed by atoms with E-state index in [1.165, 1.54) is 6.07 Å². The fourth-order valence-corrected chi connectivity index (χ4v) is 3.83. The minimum atomic E-state index is -0.386. The average Bonchev–Trinajstić information content (AvgIpc) is 2.70. The molecule has 1 aliphatic heterocycles. The maximum Gasteiger partial charge on any atom is 0.266 e. The van der Waals surface area contributed by atoms with Crippen LogP contribution in [0.4, 0.5) is 4.39 Å². The highest BCUT2D eigenvalue weighted by Crippen LogP contribution is 2.17. The predicted molar refractivity (Wildman–Crippen MR) is 108 cm³/mol. The number of nitrogens with one attached hydrogen (secondary N) is 1. The van der Waals surface area contributed by atoms with Crippen LogP contribution in [0, 0.1) is 31.0 Å². The summed E-state index contributed by atoms with van der Waals surface area (Å²) in [5, 5.41) is 9.17. The lowest BCUT2D eigenvalue weighted by Gasteiger charge is -2.35. The van der Waals surface area contributed by atoms with Gasteiger partial charge in [-0.1, -0.05) is 18.2 Å². The maximum absolute atomic E-state index is 13.8. The molecule has 2 aromatic rings. The van der Waals surface area contributed by atoms with E-state index in [0.29, 0.717) is 62.4 Å². The molecule has 0 spiro atoms. The van der Waals surface area contributed by atoms with Gasteiger partial charge in [0.15, 0.2) is 0 Å². The van der Waals surface area contributed by atoms with Crippen molar-refractivity contribution < 1.29 is 9.18 Å². The molecule has 152 valence electrons. The Bertz CT molecular complexity index is 1000. The van der Waals surface area contributed by atoms with Crippen molar-refractivity contribution in [3.63, 3.8) is 0 Å². The Morgan fingerprint density at radius 2 is 1.90 bits per heavy atom. The number of hydrogen-bond acceptors (Lipinski definition) is 4. The third-order valence-corrected chi connectivity index (χ3v) is 5.59. The van der Waals surface area contributed by atoms with Gasteiger partial charge < -0.3 is 9.88 Å². The van der Waals surface area contributed by atoms with Crippen LogP contribution in [0.1, 0.15) is 34.4 Å². The van der Waals surface area contributed by atoms with Gasteiger partial charge in [0.1, 0.15) is 17.4 Å². The molecule has 0 unspecified atom stereocenters. The summed E-state index contributed by atoms with van der Waals surface area (Å²) in [5.74, 6) is -0.145. The number of aryl methyl sites for hydroxylation is 1. The number of H-pyrrole nitrogens is 1. The summed E-state index contributed by atoms with van der Waals surface area (Å²) in [6, 6.07) is 8.71. The van der Waals surface area contributed by atoms with Gasteiger partial charge in [0, 0.05) is 50.4 Å². The van der Waals surface area contributed by atoms with E-state index in [2.05, 4.69) is 9.88 Å². The van der Waals surface area contributed by atoms with E-state index in [0.717, 1.165) is 5.56 Å². The fourth-order valence-electron chi connectivity index (χ4n) is 3.83. The summed E-state index contributed by atoms with van der Waals surface area (Å²) in [4.78, 5) is 31.2. The molecule has 0 atom stereocenters. The molecule has 1 N–H and O–H groups in total. The Hall–Kier alpha value is -2.98. The van der Waals surface area contributed by atoms with Gasteiger partial charge in [0.25, 0.3) is 5.56 Å². The molecular formula is C22H25FN4O2. The first kappa shape index (κ1) is 20.7. The van der Waals surface area contributed by atoms with Crippen LogP contribution in [0.15, 0.2) is 29.1 Å². The van der Waals surface area contributed by atoms with E-state index in [9.17, 15) is 19.2 Å². The number of aromatic amines is 1. The molecule has 0 bridgehead atoms. The fraction of sp³-hybridized carbons (Fsp3) is 0.409. The van der Waals surface area contributed by atoms with E-state index in [1.54, 1.807) is 26.0 Å². The number of halogens is 1. The van der Waals surface area contributed by atoms with Gasteiger partial charge >= 0.3 is 0 Å². The van der Waals surface area contributed by atoms with E-state index >= 15 is 0 Å². The minimum absolute atomic E-state index is 0.0547.